The summed E-state index contributed by atoms with van der Waals surface area (Å²) in [5, 5.41) is 0. The van der Waals surface area contributed by atoms with Crippen molar-refractivity contribution in [2.75, 3.05) is 13.2 Å². The average Bonchev–Trinajstić information content (AvgIpc) is 2.94. The Labute approximate surface area is 198 Å². The predicted octanol–water partition coefficient (Wildman–Crippen LogP) is 6.16. The number of hydrogen-bond acceptors (Lipinski definition) is 4. The highest BCUT2D eigenvalue weighted by atomic mass is 19.4. The molecule has 5 nitrogen and oxygen atoms in total. The van der Waals surface area contributed by atoms with Gasteiger partial charge in [-0.1, -0.05) is 17.7 Å². The molecule has 4 rings (SSSR count). The van der Waals surface area contributed by atoms with Gasteiger partial charge in [0.1, 0.15) is 6.10 Å². The smallest absolute Gasteiger partial charge is 0.416 e. The fourth-order valence-electron chi connectivity index (χ4n) is 4.91. The first-order valence-corrected chi connectivity index (χ1v) is 11.8. The SMILES string of the molecule is Cc1cc([C@H]2OC(=O)N(Cc3cc(C)cnc3CC3CCCOCC3)[C@H]2C)cc(C(F)(F)F)c1. The molecule has 0 N–H and O–H groups in total. The molecule has 3 atom stereocenters. The number of benzene rings is 1. The lowest BCUT2D eigenvalue weighted by Crippen LogP contribution is -2.32. The van der Waals surface area contributed by atoms with Gasteiger partial charge in [0, 0.05) is 25.1 Å². The third-order valence-electron chi connectivity index (χ3n) is 6.74. The van der Waals surface area contributed by atoms with Gasteiger partial charge in [-0.2, -0.15) is 13.2 Å². The van der Waals surface area contributed by atoms with Crippen LogP contribution >= 0.6 is 0 Å². The van der Waals surface area contributed by atoms with Crippen molar-refractivity contribution in [2.45, 2.75) is 71.3 Å². The van der Waals surface area contributed by atoms with E-state index in [2.05, 4.69) is 4.98 Å². The van der Waals surface area contributed by atoms with E-state index in [9.17, 15) is 18.0 Å². The Hall–Kier alpha value is -2.61. The number of halogens is 3. The fourth-order valence-corrected chi connectivity index (χ4v) is 4.91. The van der Waals surface area contributed by atoms with Crippen LogP contribution in [0.3, 0.4) is 0 Å². The molecular weight excluding hydrogens is 445 g/mol. The standard InChI is InChI=1S/C26H31F3N2O3/c1-16-9-20(13-22(11-16)26(27,28)29)24-18(3)31(25(32)34-24)15-21-10-17(2)14-30-23(21)12-19-5-4-7-33-8-6-19/h9-11,13-14,18-19,24H,4-8,12,15H2,1-3H3/t18-,19?,24-/m0/s1. The van der Waals surface area contributed by atoms with E-state index in [1.54, 1.807) is 17.9 Å². The molecule has 184 valence electrons. The molecule has 1 aromatic carbocycles. The van der Waals surface area contributed by atoms with Gasteiger partial charge in [-0.05, 0) is 81.2 Å². The van der Waals surface area contributed by atoms with Crippen LogP contribution in [0.2, 0.25) is 0 Å². The normalized spacial score (nSPS) is 23.6. The van der Waals surface area contributed by atoms with E-state index in [1.807, 2.05) is 26.1 Å². The minimum atomic E-state index is -4.46. The second kappa shape index (κ2) is 9.94. The van der Waals surface area contributed by atoms with Crippen LogP contribution in [0.15, 0.2) is 30.5 Å². The van der Waals surface area contributed by atoms with Crippen LogP contribution in [0.25, 0.3) is 0 Å². The minimum Gasteiger partial charge on any atom is -0.439 e. The zero-order chi connectivity index (χ0) is 24.5. The highest BCUT2D eigenvalue weighted by Crippen LogP contribution is 2.38. The average molecular weight is 477 g/mol. The molecule has 34 heavy (non-hydrogen) atoms. The number of aromatic nitrogens is 1. The van der Waals surface area contributed by atoms with Crippen molar-refractivity contribution < 1.29 is 27.4 Å². The first-order chi connectivity index (χ1) is 16.1. The van der Waals surface area contributed by atoms with Gasteiger partial charge < -0.3 is 9.47 Å². The Bertz CT molecular complexity index is 1030. The monoisotopic (exact) mass is 476 g/mol. The lowest BCUT2D eigenvalue weighted by atomic mass is 9.92. The van der Waals surface area contributed by atoms with Gasteiger partial charge in [-0.3, -0.25) is 9.88 Å². The van der Waals surface area contributed by atoms with Gasteiger partial charge in [0.05, 0.1) is 18.2 Å². The molecule has 2 fully saturated rings. The van der Waals surface area contributed by atoms with Crippen LogP contribution in [-0.4, -0.2) is 35.2 Å². The molecule has 2 aliphatic rings. The first-order valence-electron chi connectivity index (χ1n) is 11.8. The van der Waals surface area contributed by atoms with E-state index >= 15 is 0 Å². The van der Waals surface area contributed by atoms with E-state index in [0.717, 1.165) is 67.9 Å². The Kier molecular flexibility index (Phi) is 7.17. The summed E-state index contributed by atoms with van der Waals surface area (Å²) in [6.45, 7) is 7.23. The fraction of sp³-hybridized carbons (Fsp3) is 0.538. The Morgan fingerprint density at radius 2 is 1.88 bits per heavy atom. The van der Waals surface area contributed by atoms with E-state index in [0.29, 0.717) is 23.6 Å². The molecular formula is C26H31F3N2O3. The third-order valence-corrected chi connectivity index (χ3v) is 6.74. The number of aryl methyl sites for hydroxylation is 2. The van der Waals surface area contributed by atoms with Crippen molar-refractivity contribution in [3.63, 3.8) is 0 Å². The maximum absolute atomic E-state index is 13.3. The summed E-state index contributed by atoms with van der Waals surface area (Å²) >= 11 is 0. The number of ether oxygens (including phenoxy) is 2. The van der Waals surface area contributed by atoms with Gasteiger partial charge in [0.15, 0.2) is 0 Å². The maximum atomic E-state index is 13.3. The number of carbonyl (C=O) groups excluding carboxylic acids is 1. The number of nitrogens with zero attached hydrogens (tertiary/aromatic N) is 2. The number of carbonyl (C=O) groups is 1. The summed E-state index contributed by atoms with van der Waals surface area (Å²) in [7, 11) is 0. The summed E-state index contributed by atoms with van der Waals surface area (Å²) in [4.78, 5) is 19.1. The Morgan fingerprint density at radius 1 is 1.09 bits per heavy atom. The van der Waals surface area contributed by atoms with Crippen LogP contribution in [0.5, 0.6) is 0 Å². The van der Waals surface area contributed by atoms with Crippen LogP contribution < -0.4 is 0 Å². The lowest BCUT2D eigenvalue weighted by Gasteiger charge is -2.23. The van der Waals surface area contributed by atoms with Crippen molar-refractivity contribution in [3.05, 3.63) is 64.0 Å². The summed E-state index contributed by atoms with van der Waals surface area (Å²) in [6, 6.07) is 5.46. The highest BCUT2D eigenvalue weighted by Gasteiger charge is 2.41. The van der Waals surface area contributed by atoms with Crippen molar-refractivity contribution in [2.24, 2.45) is 5.92 Å². The number of pyridine rings is 1. The summed E-state index contributed by atoms with van der Waals surface area (Å²) in [6.07, 6.45) is -0.0194. The number of alkyl halides is 3. The summed E-state index contributed by atoms with van der Waals surface area (Å²) in [5.41, 5.74) is 3.00. The summed E-state index contributed by atoms with van der Waals surface area (Å²) < 4.78 is 51.2. The summed E-state index contributed by atoms with van der Waals surface area (Å²) in [5.74, 6) is 0.472. The number of rotatable bonds is 5. The molecule has 0 aliphatic carbocycles. The molecule has 0 bridgehead atoms. The second-order valence-corrected chi connectivity index (χ2v) is 9.53. The molecule has 2 saturated heterocycles. The van der Waals surface area contributed by atoms with Gasteiger partial charge >= 0.3 is 12.3 Å². The largest absolute Gasteiger partial charge is 0.439 e. The lowest BCUT2D eigenvalue weighted by molar-refractivity contribution is -0.137. The highest BCUT2D eigenvalue weighted by molar-refractivity contribution is 5.71. The van der Waals surface area contributed by atoms with E-state index in [4.69, 9.17) is 9.47 Å². The van der Waals surface area contributed by atoms with E-state index < -0.39 is 30.0 Å². The maximum Gasteiger partial charge on any atom is 0.416 e. The molecule has 1 unspecified atom stereocenters. The number of hydrogen-bond donors (Lipinski definition) is 0. The molecule has 0 radical (unpaired) electrons. The first kappa shape index (κ1) is 24.5. The third kappa shape index (κ3) is 5.54. The number of amides is 1. The van der Waals surface area contributed by atoms with Crippen molar-refractivity contribution in [1.29, 1.82) is 0 Å². The second-order valence-electron chi connectivity index (χ2n) is 9.53. The molecule has 1 aromatic heterocycles. The van der Waals surface area contributed by atoms with Crippen LogP contribution in [0.1, 0.15) is 65.8 Å². The molecule has 0 saturated carbocycles. The zero-order valence-corrected chi connectivity index (χ0v) is 19.8. The van der Waals surface area contributed by atoms with Gasteiger partial charge in [-0.25, -0.2) is 4.79 Å². The van der Waals surface area contributed by atoms with Crippen LogP contribution in [0, 0.1) is 19.8 Å². The van der Waals surface area contributed by atoms with Crippen molar-refractivity contribution >= 4 is 6.09 Å². The topological polar surface area (TPSA) is 51.7 Å². The van der Waals surface area contributed by atoms with E-state index in [-0.39, 0.29) is 0 Å². The molecule has 0 spiro atoms. The Balaban J connectivity index is 1.56. The quantitative estimate of drug-likeness (QED) is 0.519. The molecule has 3 heterocycles. The van der Waals surface area contributed by atoms with Crippen LogP contribution in [-0.2, 0) is 28.6 Å². The predicted molar refractivity (Wildman–Crippen MR) is 121 cm³/mol. The molecule has 8 heteroatoms. The molecule has 2 aromatic rings. The van der Waals surface area contributed by atoms with E-state index in [1.165, 1.54) is 0 Å². The molecule has 2 aliphatic heterocycles. The van der Waals surface area contributed by atoms with Gasteiger partial charge in [0.25, 0.3) is 0 Å². The van der Waals surface area contributed by atoms with Gasteiger partial charge in [-0.15, -0.1) is 0 Å². The van der Waals surface area contributed by atoms with Gasteiger partial charge in [0.2, 0.25) is 0 Å². The zero-order valence-electron chi connectivity index (χ0n) is 19.8. The van der Waals surface area contributed by atoms with Crippen LogP contribution in [0.4, 0.5) is 18.0 Å². The van der Waals surface area contributed by atoms with Crippen molar-refractivity contribution in [3.8, 4) is 0 Å². The number of cyclic esters (lactones) is 1. The van der Waals surface area contributed by atoms with Crippen molar-refractivity contribution in [1.82, 2.24) is 9.88 Å². The molecule has 1 amide bonds. The Morgan fingerprint density at radius 3 is 2.65 bits per heavy atom. The minimum absolute atomic E-state index is 0.307.